The summed E-state index contributed by atoms with van der Waals surface area (Å²) < 4.78 is 24.6. The van der Waals surface area contributed by atoms with Crippen molar-refractivity contribution in [1.29, 1.82) is 0 Å². The number of methoxy groups -OCH3 is 1. The molecule has 1 aliphatic heterocycles. The highest BCUT2D eigenvalue weighted by Gasteiger charge is 2.30. The predicted molar refractivity (Wildman–Crippen MR) is 79.3 cm³/mol. The third kappa shape index (κ3) is 2.57. The van der Waals surface area contributed by atoms with Crippen molar-refractivity contribution in [3.63, 3.8) is 0 Å². The van der Waals surface area contributed by atoms with Crippen LogP contribution >= 0.6 is 11.6 Å². The van der Waals surface area contributed by atoms with Gasteiger partial charge >= 0.3 is 0 Å². The number of nitrogens with two attached hydrogens (primary N) is 1. The van der Waals surface area contributed by atoms with Gasteiger partial charge in [-0.2, -0.15) is 0 Å². The van der Waals surface area contributed by atoms with Crippen LogP contribution in [0, 0.1) is 5.82 Å². The summed E-state index contributed by atoms with van der Waals surface area (Å²) in [5, 5.41) is 0.567. The molecule has 3 nitrogen and oxygen atoms in total. The van der Waals surface area contributed by atoms with Gasteiger partial charge in [-0.05, 0) is 30.3 Å². The maximum atomic E-state index is 13.3. The number of ether oxygens (including phenoxy) is 2. The van der Waals surface area contributed by atoms with Gasteiger partial charge in [0.05, 0.1) is 17.7 Å². The fourth-order valence-electron chi connectivity index (χ4n) is 2.66. The summed E-state index contributed by atoms with van der Waals surface area (Å²) in [5.41, 5.74) is 7.60. The molecule has 0 radical (unpaired) electrons. The molecular weight excluding hydrogens is 293 g/mol. The molecule has 2 aromatic rings. The molecule has 2 atom stereocenters. The second-order valence-corrected chi connectivity index (χ2v) is 5.39. The molecule has 0 aliphatic carbocycles. The second kappa shape index (κ2) is 5.54. The monoisotopic (exact) mass is 307 g/mol. The van der Waals surface area contributed by atoms with Crippen molar-refractivity contribution in [2.24, 2.45) is 5.73 Å². The molecule has 0 saturated heterocycles. The molecule has 110 valence electrons. The van der Waals surface area contributed by atoms with E-state index in [9.17, 15) is 4.39 Å². The van der Waals surface area contributed by atoms with Crippen LogP contribution in [0.15, 0.2) is 36.4 Å². The first kappa shape index (κ1) is 14.2. The topological polar surface area (TPSA) is 44.5 Å². The van der Waals surface area contributed by atoms with Crippen LogP contribution in [0.2, 0.25) is 5.02 Å². The van der Waals surface area contributed by atoms with Crippen LogP contribution in [0.5, 0.6) is 11.5 Å². The van der Waals surface area contributed by atoms with Crippen molar-refractivity contribution >= 4 is 11.6 Å². The molecule has 1 aliphatic rings. The molecule has 0 bridgehead atoms. The van der Waals surface area contributed by atoms with Gasteiger partial charge in [0.2, 0.25) is 0 Å². The summed E-state index contributed by atoms with van der Waals surface area (Å²) in [4.78, 5) is 0. The van der Waals surface area contributed by atoms with Crippen molar-refractivity contribution < 1.29 is 13.9 Å². The van der Waals surface area contributed by atoms with E-state index in [0.717, 1.165) is 5.56 Å². The molecule has 3 rings (SSSR count). The molecule has 0 amide bonds. The smallest absolute Gasteiger partial charge is 0.131 e. The molecule has 0 spiro atoms. The van der Waals surface area contributed by atoms with Crippen molar-refractivity contribution in [3.8, 4) is 11.5 Å². The zero-order chi connectivity index (χ0) is 15.0. The maximum Gasteiger partial charge on any atom is 0.131 e. The maximum absolute atomic E-state index is 13.3. The molecule has 0 saturated carbocycles. The number of hydrogen-bond acceptors (Lipinski definition) is 3. The molecule has 0 fully saturated rings. The van der Waals surface area contributed by atoms with E-state index in [1.165, 1.54) is 12.1 Å². The summed E-state index contributed by atoms with van der Waals surface area (Å²) in [5.74, 6) is 0.925. The number of hydrogen-bond donors (Lipinski definition) is 1. The zero-order valence-electron chi connectivity index (χ0n) is 11.5. The average molecular weight is 308 g/mol. The molecule has 1 heterocycles. The van der Waals surface area contributed by atoms with Crippen LogP contribution in [-0.4, -0.2) is 7.11 Å². The Morgan fingerprint density at radius 3 is 2.90 bits per heavy atom. The van der Waals surface area contributed by atoms with Crippen LogP contribution < -0.4 is 15.2 Å². The minimum absolute atomic E-state index is 0.310. The first-order valence-electron chi connectivity index (χ1n) is 6.64. The van der Waals surface area contributed by atoms with E-state index in [0.29, 0.717) is 28.5 Å². The fourth-order valence-corrected chi connectivity index (χ4v) is 2.95. The summed E-state index contributed by atoms with van der Waals surface area (Å²) >= 11 is 6.28. The van der Waals surface area contributed by atoms with Crippen molar-refractivity contribution in [3.05, 3.63) is 58.4 Å². The van der Waals surface area contributed by atoms with E-state index in [4.69, 9.17) is 26.8 Å². The van der Waals surface area contributed by atoms with E-state index >= 15 is 0 Å². The molecule has 2 aromatic carbocycles. The molecule has 21 heavy (non-hydrogen) atoms. The standard InChI is InChI=1S/C16H15ClFNO2/c1-20-14-4-2-3-11(17)16(14)15-8-12(19)10-7-9(18)5-6-13(10)21-15/h2-7,12,15H,8,19H2,1H3/t12-,15?/m0/s1. The van der Waals surface area contributed by atoms with Gasteiger partial charge in [0.25, 0.3) is 0 Å². The highest BCUT2D eigenvalue weighted by Crippen LogP contribution is 2.44. The molecule has 1 unspecified atom stereocenters. The number of benzene rings is 2. The van der Waals surface area contributed by atoms with Crippen LogP contribution in [0.3, 0.4) is 0 Å². The minimum atomic E-state index is -0.318. The van der Waals surface area contributed by atoms with Crippen LogP contribution in [-0.2, 0) is 0 Å². The lowest BCUT2D eigenvalue weighted by Crippen LogP contribution is -2.24. The molecular formula is C16H15ClFNO2. The highest BCUT2D eigenvalue weighted by molar-refractivity contribution is 6.31. The third-order valence-corrected chi connectivity index (χ3v) is 3.99. The highest BCUT2D eigenvalue weighted by atomic mass is 35.5. The Morgan fingerprint density at radius 1 is 1.33 bits per heavy atom. The summed E-state index contributed by atoms with van der Waals surface area (Å²) in [7, 11) is 1.58. The summed E-state index contributed by atoms with van der Waals surface area (Å²) in [6.45, 7) is 0. The lowest BCUT2D eigenvalue weighted by atomic mass is 9.93. The van der Waals surface area contributed by atoms with E-state index in [-0.39, 0.29) is 18.0 Å². The Balaban J connectivity index is 2.02. The predicted octanol–water partition coefficient (Wildman–Crippen LogP) is 4.01. The Kier molecular flexibility index (Phi) is 3.74. The molecule has 2 N–H and O–H groups in total. The van der Waals surface area contributed by atoms with Gasteiger partial charge < -0.3 is 15.2 Å². The van der Waals surface area contributed by atoms with Crippen LogP contribution in [0.25, 0.3) is 0 Å². The Hall–Kier alpha value is -1.78. The quantitative estimate of drug-likeness (QED) is 0.911. The second-order valence-electron chi connectivity index (χ2n) is 4.99. The lowest BCUT2D eigenvalue weighted by Gasteiger charge is -2.31. The van der Waals surface area contributed by atoms with Crippen LogP contribution in [0.4, 0.5) is 4.39 Å². The van der Waals surface area contributed by atoms with Gasteiger partial charge in [-0.3, -0.25) is 0 Å². The first-order valence-corrected chi connectivity index (χ1v) is 7.02. The van der Waals surface area contributed by atoms with Crippen molar-refractivity contribution in [2.45, 2.75) is 18.6 Å². The van der Waals surface area contributed by atoms with Gasteiger partial charge in [-0.1, -0.05) is 17.7 Å². The van der Waals surface area contributed by atoms with Crippen molar-refractivity contribution in [1.82, 2.24) is 0 Å². The Labute approximate surface area is 127 Å². The van der Waals surface area contributed by atoms with E-state index in [2.05, 4.69) is 0 Å². The average Bonchev–Trinajstić information content (AvgIpc) is 2.47. The van der Waals surface area contributed by atoms with Gasteiger partial charge in [0, 0.05) is 18.0 Å². The van der Waals surface area contributed by atoms with E-state index in [1.807, 2.05) is 12.1 Å². The largest absolute Gasteiger partial charge is 0.496 e. The SMILES string of the molecule is COc1cccc(Cl)c1C1C[C@H](N)c2cc(F)ccc2O1. The summed E-state index contributed by atoms with van der Waals surface area (Å²) in [6.07, 6.45) is 0.193. The number of rotatable bonds is 2. The zero-order valence-corrected chi connectivity index (χ0v) is 12.2. The fraction of sp³-hybridized carbons (Fsp3) is 0.250. The first-order chi connectivity index (χ1) is 10.1. The number of fused-ring (bicyclic) bond motifs is 1. The Morgan fingerprint density at radius 2 is 2.14 bits per heavy atom. The van der Waals surface area contributed by atoms with Gasteiger partial charge in [-0.25, -0.2) is 4.39 Å². The number of halogens is 2. The van der Waals surface area contributed by atoms with Gasteiger partial charge in [0.1, 0.15) is 23.4 Å². The van der Waals surface area contributed by atoms with Crippen molar-refractivity contribution in [2.75, 3.05) is 7.11 Å². The van der Waals surface area contributed by atoms with Crippen LogP contribution in [0.1, 0.15) is 29.7 Å². The Bertz CT molecular complexity index is 677. The normalized spacial score (nSPS) is 20.6. The lowest BCUT2D eigenvalue weighted by molar-refractivity contribution is 0.157. The minimum Gasteiger partial charge on any atom is -0.496 e. The van der Waals surface area contributed by atoms with E-state index < -0.39 is 0 Å². The molecule has 5 heteroatoms. The van der Waals surface area contributed by atoms with Gasteiger partial charge in [0.15, 0.2) is 0 Å². The van der Waals surface area contributed by atoms with Gasteiger partial charge in [-0.15, -0.1) is 0 Å². The van der Waals surface area contributed by atoms with E-state index in [1.54, 1.807) is 19.2 Å². The summed E-state index contributed by atoms with van der Waals surface area (Å²) in [6, 6.07) is 9.50. The molecule has 0 aromatic heterocycles. The third-order valence-electron chi connectivity index (χ3n) is 3.66.